The summed E-state index contributed by atoms with van der Waals surface area (Å²) in [4.78, 5) is 10.9. The van der Waals surface area contributed by atoms with E-state index in [4.69, 9.17) is 0 Å². The summed E-state index contributed by atoms with van der Waals surface area (Å²) in [6.45, 7) is 4.62. The fraction of sp³-hybridized carbons (Fsp3) is 0.833. The largest absolute Gasteiger partial charge is 0.333 e. The second-order valence-electron chi connectivity index (χ2n) is 2.44. The van der Waals surface area contributed by atoms with Crippen LogP contribution in [-0.2, 0) is 0 Å². The normalized spacial score (nSPS) is 21.0. The van der Waals surface area contributed by atoms with Crippen LogP contribution in [0.4, 0.5) is 4.79 Å². The van der Waals surface area contributed by atoms with Crippen LogP contribution in [0.15, 0.2) is 0 Å². The zero-order valence-corrected chi connectivity index (χ0v) is 6.35. The van der Waals surface area contributed by atoms with E-state index in [0.717, 1.165) is 6.42 Å². The van der Waals surface area contributed by atoms with Crippen LogP contribution in [-0.4, -0.2) is 23.8 Å². The monoisotopic (exact) mass is 143 g/mol. The maximum atomic E-state index is 10.9. The Bertz CT molecular complexity index is 137. The number of hydrazine groups is 1. The van der Waals surface area contributed by atoms with E-state index in [0.29, 0.717) is 6.67 Å². The molecule has 0 aromatic rings. The van der Waals surface area contributed by atoms with Crippen molar-refractivity contribution in [3.63, 3.8) is 0 Å². The highest BCUT2D eigenvalue weighted by molar-refractivity contribution is 5.75. The second-order valence-corrected chi connectivity index (χ2v) is 2.44. The highest BCUT2D eigenvalue weighted by Crippen LogP contribution is 2.02. The molecule has 0 aromatic carbocycles. The van der Waals surface area contributed by atoms with Crippen molar-refractivity contribution in [1.82, 2.24) is 15.8 Å². The van der Waals surface area contributed by atoms with Crippen molar-refractivity contribution in [2.45, 2.75) is 26.3 Å². The molecule has 0 aromatic heterocycles. The van der Waals surface area contributed by atoms with Crippen LogP contribution >= 0.6 is 0 Å². The fourth-order valence-corrected chi connectivity index (χ4v) is 0.896. The summed E-state index contributed by atoms with van der Waals surface area (Å²) >= 11 is 0. The van der Waals surface area contributed by atoms with Crippen molar-refractivity contribution in [2.75, 3.05) is 6.67 Å². The third-order valence-electron chi connectivity index (χ3n) is 1.74. The van der Waals surface area contributed by atoms with Gasteiger partial charge in [-0.1, -0.05) is 6.92 Å². The molecule has 1 rings (SSSR count). The lowest BCUT2D eigenvalue weighted by Gasteiger charge is -2.20. The van der Waals surface area contributed by atoms with Crippen LogP contribution in [0.1, 0.15) is 20.3 Å². The molecule has 0 spiro atoms. The fourth-order valence-electron chi connectivity index (χ4n) is 0.896. The molecule has 1 atom stereocenters. The maximum absolute atomic E-state index is 10.9. The summed E-state index contributed by atoms with van der Waals surface area (Å²) in [5.74, 6) is 0. The Hall–Kier alpha value is -0.770. The third-order valence-corrected chi connectivity index (χ3v) is 1.74. The van der Waals surface area contributed by atoms with Gasteiger partial charge in [0.15, 0.2) is 0 Å². The SMILES string of the molecule is CC[C@H](C)N1NCNC1=O. The molecule has 0 saturated carbocycles. The molecule has 0 radical (unpaired) electrons. The number of rotatable bonds is 2. The number of nitrogens with zero attached hydrogens (tertiary/aromatic N) is 1. The molecule has 1 aliphatic rings. The van der Waals surface area contributed by atoms with Gasteiger partial charge in [0.1, 0.15) is 0 Å². The minimum atomic E-state index is -0.0191. The first kappa shape index (κ1) is 7.34. The molecule has 2 N–H and O–H groups in total. The summed E-state index contributed by atoms with van der Waals surface area (Å²) in [5, 5.41) is 4.29. The second kappa shape index (κ2) is 2.88. The minimum Gasteiger partial charge on any atom is -0.323 e. The zero-order chi connectivity index (χ0) is 7.56. The topological polar surface area (TPSA) is 44.4 Å². The van der Waals surface area contributed by atoms with Gasteiger partial charge in [0.2, 0.25) is 0 Å². The predicted molar refractivity (Wildman–Crippen MR) is 38.1 cm³/mol. The minimum absolute atomic E-state index is 0.0191. The number of carbonyl (C=O) groups excluding carboxylic acids is 1. The summed E-state index contributed by atoms with van der Waals surface area (Å²) in [6.07, 6.45) is 0.973. The molecule has 1 fully saturated rings. The van der Waals surface area contributed by atoms with Gasteiger partial charge in [0.25, 0.3) is 0 Å². The molecule has 0 unspecified atom stereocenters. The number of nitrogens with one attached hydrogen (secondary N) is 2. The van der Waals surface area contributed by atoms with Gasteiger partial charge in [-0.05, 0) is 13.3 Å². The van der Waals surface area contributed by atoms with E-state index in [1.807, 2.05) is 6.92 Å². The summed E-state index contributed by atoms with van der Waals surface area (Å²) in [7, 11) is 0. The number of hydrogen-bond acceptors (Lipinski definition) is 2. The molecule has 2 amide bonds. The summed E-state index contributed by atoms with van der Waals surface area (Å²) in [6, 6.07) is 0.261. The van der Waals surface area contributed by atoms with Gasteiger partial charge in [0, 0.05) is 6.04 Å². The van der Waals surface area contributed by atoms with Gasteiger partial charge in [-0.3, -0.25) is 5.01 Å². The van der Waals surface area contributed by atoms with Gasteiger partial charge in [-0.25, -0.2) is 10.2 Å². The van der Waals surface area contributed by atoms with Crippen LogP contribution in [0, 0.1) is 0 Å². The molecule has 0 aliphatic carbocycles. The Labute approximate surface area is 60.5 Å². The lowest BCUT2D eigenvalue weighted by molar-refractivity contribution is 0.175. The Morgan fingerprint density at radius 3 is 2.90 bits per heavy atom. The smallest absolute Gasteiger partial charge is 0.323 e. The molecule has 1 heterocycles. The average molecular weight is 143 g/mol. The zero-order valence-electron chi connectivity index (χ0n) is 6.35. The Balaban J connectivity index is 2.46. The number of amides is 2. The molecule has 58 valence electrons. The molecular weight excluding hydrogens is 130 g/mol. The lowest BCUT2D eigenvalue weighted by Crippen LogP contribution is -2.41. The van der Waals surface area contributed by atoms with Gasteiger partial charge in [0.05, 0.1) is 6.67 Å². The molecule has 1 aliphatic heterocycles. The quantitative estimate of drug-likeness (QED) is 0.583. The molecular formula is C6H13N3O. The first-order chi connectivity index (χ1) is 4.75. The number of hydrogen-bond donors (Lipinski definition) is 2. The van der Waals surface area contributed by atoms with E-state index in [1.165, 1.54) is 0 Å². The summed E-state index contributed by atoms with van der Waals surface area (Å²) < 4.78 is 0. The Kier molecular flexibility index (Phi) is 2.11. The Morgan fingerprint density at radius 1 is 1.80 bits per heavy atom. The van der Waals surface area contributed by atoms with Crippen LogP contribution in [0.3, 0.4) is 0 Å². The van der Waals surface area contributed by atoms with Gasteiger partial charge < -0.3 is 5.32 Å². The van der Waals surface area contributed by atoms with Crippen molar-refractivity contribution < 1.29 is 4.79 Å². The van der Waals surface area contributed by atoms with E-state index in [1.54, 1.807) is 5.01 Å². The van der Waals surface area contributed by atoms with E-state index in [-0.39, 0.29) is 12.1 Å². The standard InChI is InChI=1S/C6H13N3O/c1-3-5(2)9-6(10)7-4-8-9/h5,8H,3-4H2,1-2H3,(H,7,10)/t5-/m0/s1. The molecule has 4 heteroatoms. The predicted octanol–water partition coefficient (Wildman–Crippen LogP) is 0.272. The van der Waals surface area contributed by atoms with Crippen molar-refractivity contribution in [2.24, 2.45) is 0 Å². The first-order valence-electron chi connectivity index (χ1n) is 3.56. The van der Waals surface area contributed by atoms with Gasteiger partial charge in [-0.15, -0.1) is 0 Å². The highest BCUT2D eigenvalue weighted by Gasteiger charge is 2.22. The Morgan fingerprint density at radius 2 is 2.50 bits per heavy atom. The van der Waals surface area contributed by atoms with Crippen molar-refractivity contribution in [3.05, 3.63) is 0 Å². The van der Waals surface area contributed by atoms with E-state index < -0.39 is 0 Å². The maximum Gasteiger partial charge on any atom is 0.333 e. The number of urea groups is 1. The van der Waals surface area contributed by atoms with Gasteiger partial charge in [-0.2, -0.15) is 0 Å². The lowest BCUT2D eigenvalue weighted by atomic mass is 10.2. The molecule has 10 heavy (non-hydrogen) atoms. The van der Waals surface area contributed by atoms with E-state index >= 15 is 0 Å². The first-order valence-corrected chi connectivity index (χ1v) is 3.56. The van der Waals surface area contributed by atoms with Gasteiger partial charge >= 0.3 is 6.03 Å². The van der Waals surface area contributed by atoms with Crippen molar-refractivity contribution >= 4 is 6.03 Å². The van der Waals surface area contributed by atoms with E-state index in [9.17, 15) is 4.79 Å². The number of carbonyl (C=O) groups is 1. The van der Waals surface area contributed by atoms with E-state index in [2.05, 4.69) is 17.7 Å². The molecule has 4 nitrogen and oxygen atoms in total. The highest BCUT2D eigenvalue weighted by atomic mass is 16.2. The molecule has 1 saturated heterocycles. The van der Waals surface area contributed by atoms with Crippen LogP contribution in [0.25, 0.3) is 0 Å². The van der Waals surface area contributed by atoms with Crippen LogP contribution in [0.5, 0.6) is 0 Å². The summed E-state index contributed by atoms with van der Waals surface area (Å²) in [5.41, 5.74) is 2.93. The van der Waals surface area contributed by atoms with Crippen molar-refractivity contribution in [3.8, 4) is 0 Å². The van der Waals surface area contributed by atoms with Crippen LogP contribution in [0.2, 0.25) is 0 Å². The molecule has 0 bridgehead atoms. The van der Waals surface area contributed by atoms with Crippen LogP contribution < -0.4 is 10.7 Å². The average Bonchev–Trinajstić information content (AvgIpc) is 2.34. The third kappa shape index (κ3) is 1.21. The van der Waals surface area contributed by atoms with Crippen molar-refractivity contribution in [1.29, 1.82) is 0 Å².